The minimum absolute atomic E-state index is 0.00227. The zero-order valence-corrected chi connectivity index (χ0v) is 30.3. The smallest absolute Gasteiger partial charge is 0.416 e. The van der Waals surface area contributed by atoms with E-state index in [-0.39, 0.29) is 29.8 Å². The van der Waals surface area contributed by atoms with Crippen LogP contribution in [0.3, 0.4) is 0 Å². The SMILES string of the molecule is Cc1cc(F)cc(C)c1-c1cc([C@H](CC(=O)O)NC(=O)[C@H](CC(C)C)n2cc(C3CCN(C(C)C)CC3)c(C(F)(F)F)cc2=O)cc2c1CCC2. The molecule has 3 aromatic rings. The number of nitrogens with one attached hydrogen (secondary N) is 1. The number of carbonyl (C=O) groups is 2. The highest BCUT2D eigenvalue weighted by atomic mass is 19.4. The minimum atomic E-state index is -4.75. The molecule has 1 fully saturated rings. The molecule has 0 saturated carbocycles. The van der Waals surface area contributed by atoms with Crippen LogP contribution in [0.4, 0.5) is 17.6 Å². The Bertz CT molecular complexity index is 1820. The molecule has 51 heavy (non-hydrogen) atoms. The number of hydrogen-bond donors (Lipinski definition) is 2. The number of carboxylic acids is 1. The van der Waals surface area contributed by atoms with Gasteiger partial charge in [-0.2, -0.15) is 13.2 Å². The topological polar surface area (TPSA) is 91.6 Å². The van der Waals surface area contributed by atoms with Crippen molar-refractivity contribution in [3.63, 3.8) is 0 Å². The lowest BCUT2D eigenvalue weighted by molar-refractivity contribution is -0.139. The molecular weight excluding hydrogens is 662 g/mol. The van der Waals surface area contributed by atoms with Crippen LogP contribution in [0, 0.1) is 25.6 Å². The van der Waals surface area contributed by atoms with Gasteiger partial charge in [0.1, 0.15) is 11.9 Å². The third-order valence-corrected chi connectivity index (χ3v) is 10.6. The van der Waals surface area contributed by atoms with Crippen LogP contribution in [0.2, 0.25) is 0 Å². The van der Waals surface area contributed by atoms with Gasteiger partial charge in [0.15, 0.2) is 0 Å². The summed E-state index contributed by atoms with van der Waals surface area (Å²) in [5.41, 5.74) is 3.98. The van der Waals surface area contributed by atoms with Crippen LogP contribution < -0.4 is 10.9 Å². The van der Waals surface area contributed by atoms with E-state index < -0.39 is 53.6 Å². The summed E-state index contributed by atoms with van der Waals surface area (Å²) in [4.78, 5) is 42.2. The number of pyridine rings is 1. The Morgan fingerprint density at radius 2 is 1.63 bits per heavy atom. The molecule has 0 radical (unpaired) electrons. The Kier molecular flexibility index (Phi) is 11.5. The number of hydrogen-bond acceptors (Lipinski definition) is 4. The van der Waals surface area contributed by atoms with Crippen LogP contribution in [0.25, 0.3) is 11.1 Å². The summed E-state index contributed by atoms with van der Waals surface area (Å²) < 4.78 is 58.5. The van der Waals surface area contributed by atoms with E-state index in [2.05, 4.69) is 10.2 Å². The summed E-state index contributed by atoms with van der Waals surface area (Å²) in [6.45, 7) is 12.7. The first kappa shape index (κ1) is 38.2. The minimum Gasteiger partial charge on any atom is -0.481 e. The van der Waals surface area contributed by atoms with Crippen molar-refractivity contribution in [1.29, 1.82) is 0 Å². The van der Waals surface area contributed by atoms with Gasteiger partial charge in [0, 0.05) is 18.3 Å². The van der Waals surface area contributed by atoms with Crippen molar-refractivity contribution in [2.75, 3.05) is 13.1 Å². The van der Waals surface area contributed by atoms with Gasteiger partial charge in [0.25, 0.3) is 5.56 Å². The van der Waals surface area contributed by atoms with Gasteiger partial charge < -0.3 is 19.9 Å². The van der Waals surface area contributed by atoms with Gasteiger partial charge >= 0.3 is 12.1 Å². The van der Waals surface area contributed by atoms with Crippen LogP contribution >= 0.6 is 0 Å². The first-order valence-electron chi connectivity index (χ1n) is 18.0. The van der Waals surface area contributed by atoms with E-state index in [1.165, 1.54) is 18.3 Å². The van der Waals surface area contributed by atoms with E-state index in [4.69, 9.17) is 0 Å². The predicted octanol–water partition coefficient (Wildman–Crippen LogP) is 8.29. The molecule has 2 N–H and O–H groups in total. The molecule has 0 bridgehead atoms. The first-order valence-corrected chi connectivity index (χ1v) is 18.0. The van der Waals surface area contributed by atoms with E-state index >= 15 is 0 Å². The highest BCUT2D eigenvalue weighted by Crippen LogP contribution is 2.41. The number of rotatable bonds is 11. The fraction of sp³-hybridized carbons (Fsp3) is 0.525. The van der Waals surface area contributed by atoms with E-state index in [0.29, 0.717) is 37.6 Å². The number of piperidine rings is 1. The summed E-state index contributed by atoms with van der Waals surface area (Å²) in [6.07, 6.45) is -0.406. The number of fused-ring (bicyclic) bond motifs is 1. The van der Waals surface area contributed by atoms with Gasteiger partial charge in [0.2, 0.25) is 5.91 Å². The van der Waals surface area contributed by atoms with Crippen molar-refractivity contribution >= 4 is 11.9 Å². The van der Waals surface area contributed by atoms with Crippen LogP contribution in [-0.4, -0.2) is 45.6 Å². The Morgan fingerprint density at radius 1 is 0.980 bits per heavy atom. The average molecular weight is 712 g/mol. The maximum absolute atomic E-state index is 14.4. The lowest BCUT2D eigenvalue weighted by atomic mass is 9.86. The molecule has 1 aromatic heterocycles. The summed E-state index contributed by atoms with van der Waals surface area (Å²) in [6, 6.07) is 5.40. The monoisotopic (exact) mass is 711 g/mol. The van der Waals surface area contributed by atoms with Gasteiger partial charge in [-0.25, -0.2) is 4.39 Å². The number of aliphatic carboxylic acids is 1. The third-order valence-electron chi connectivity index (χ3n) is 10.6. The number of amides is 1. The molecule has 0 unspecified atom stereocenters. The third kappa shape index (κ3) is 8.56. The molecule has 1 aliphatic heterocycles. The molecular formula is C40H49F4N3O4. The highest BCUT2D eigenvalue weighted by Gasteiger charge is 2.39. The molecule has 2 heterocycles. The number of nitrogens with zero attached hydrogens (tertiary/aromatic N) is 2. The number of benzene rings is 2. The van der Waals surface area contributed by atoms with Gasteiger partial charge in [-0.05, 0) is 154 Å². The summed E-state index contributed by atoms with van der Waals surface area (Å²) >= 11 is 0. The van der Waals surface area contributed by atoms with Crippen molar-refractivity contribution in [1.82, 2.24) is 14.8 Å². The van der Waals surface area contributed by atoms with Gasteiger partial charge in [-0.15, -0.1) is 0 Å². The van der Waals surface area contributed by atoms with Crippen LogP contribution in [0.1, 0.15) is 117 Å². The van der Waals surface area contributed by atoms with Crippen molar-refractivity contribution in [3.8, 4) is 11.1 Å². The zero-order valence-electron chi connectivity index (χ0n) is 30.3. The number of aromatic nitrogens is 1. The highest BCUT2D eigenvalue weighted by molar-refractivity contribution is 5.82. The van der Waals surface area contributed by atoms with E-state index in [0.717, 1.165) is 57.2 Å². The molecule has 7 nitrogen and oxygen atoms in total. The standard InChI is InChI=1S/C40H49F4N3O4/c1-22(2)14-35(47-21-32(33(19-36(47)48)40(42,43)44)26-10-12-46(13-11-26)23(3)4)39(51)45-34(20-37(49)50)28-17-27-8-7-9-30(27)31(18-28)38-24(5)15-29(41)16-25(38)6/h15-19,21-23,26,34-35H,7-14,20H2,1-6H3,(H,45,51)(H,49,50)/t34-,35-/m0/s1. The number of alkyl halides is 3. The van der Waals surface area contributed by atoms with Gasteiger partial charge in [0.05, 0.1) is 18.0 Å². The molecule has 1 amide bonds. The lowest BCUT2D eigenvalue weighted by Crippen LogP contribution is -2.41. The largest absolute Gasteiger partial charge is 0.481 e. The van der Waals surface area contributed by atoms with Crippen molar-refractivity contribution in [3.05, 3.63) is 91.6 Å². The van der Waals surface area contributed by atoms with Crippen molar-refractivity contribution in [2.45, 2.75) is 117 Å². The Morgan fingerprint density at radius 3 is 2.20 bits per heavy atom. The Balaban J connectivity index is 1.56. The lowest BCUT2D eigenvalue weighted by Gasteiger charge is -2.36. The number of likely N-dealkylation sites (tertiary alicyclic amines) is 1. The summed E-state index contributed by atoms with van der Waals surface area (Å²) in [5.74, 6) is -2.72. The number of carbonyl (C=O) groups excluding carboxylic acids is 1. The molecule has 1 saturated heterocycles. The predicted molar refractivity (Wildman–Crippen MR) is 189 cm³/mol. The molecule has 2 aromatic carbocycles. The quantitative estimate of drug-likeness (QED) is 0.196. The normalized spacial score (nSPS) is 16.8. The molecule has 2 atom stereocenters. The molecule has 5 rings (SSSR count). The number of aryl methyl sites for hydroxylation is 3. The zero-order chi connectivity index (χ0) is 37.4. The second-order valence-electron chi connectivity index (χ2n) is 15.1. The van der Waals surface area contributed by atoms with Crippen molar-refractivity contribution in [2.24, 2.45) is 5.92 Å². The molecule has 2 aliphatic rings. The van der Waals surface area contributed by atoms with Crippen LogP contribution in [-0.2, 0) is 28.6 Å². The second kappa shape index (κ2) is 15.3. The number of halogens is 4. The summed E-state index contributed by atoms with van der Waals surface area (Å²) in [7, 11) is 0. The van der Waals surface area contributed by atoms with Gasteiger partial charge in [-0.3, -0.25) is 14.4 Å². The van der Waals surface area contributed by atoms with Crippen LogP contribution in [0.15, 0.2) is 41.3 Å². The first-order chi connectivity index (χ1) is 23.9. The Hall–Kier alpha value is -3.99. The molecule has 11 heteroatoms. The second-order valence-corrected chi connectivity index (χ2v) is 15.1. The number of carboxylic acid groups (broad SMARTS) is 1. The van der Waals surface area contributed by atoms with E-state index in [1.807, 2.05) is 53.7 Å². The maximum atomic E-state index is 14.4. The van der Waals surface area contributed by atoms with E-state index in [1.54, 1.807) is 0 Å². The molecule has 276 valence electrons. The maximum Gasteiger partial charge on any atom is 0.416 e. The molecule has 1 aliphatic carbocycles. The van der Waals surface area contributed by atoms with Crippen LogP contribution in [0.5, 0.6) is 0 Å². The fourth-order valence-electron chi connectivity index (χ4n) is 8.08. The van der Waals surface area contributed by atoms with Gasteiger partial charge in [-0.1, -0.05) is 19.9 Å². The average Bonchev–Trinajstić information content (AvgIpc) is 3.51. The van der Waals surface area contributed by atoms with Crippen molar-refractivity contribution < 1.29 is 32.3 Å². The molecule has 0 spiro atoms. The van der Waals surface area contributed by atoms with E-state index in [9.17, 15) is 37.1 Å². The Labute approximate surface area is 297 Å². The summed E-state index contributed by atoms with van der Waals surface area (Å²) in [5, 5.41) is 12.9. The fourth-order valence-corrected chi connectivity index (χ4v) is 8.08.